The lowest BCUT2D eigenvalue weighted by molar-refractivity contribution is 0.743. The minimum Gasteiger partial charge on any atom is -0.361 e. The highest BCUT2D eigenvalue weighted by atomic mass is 14.9. The second kappa shape index (κ2) is 3.10. The minimum absolute atomic E-state index is 0.592. The zero-order chi connectivity index (χ0) is 9.38. The van der Waals surface area contributed by atoms with Crippen LogP contribution < -0.4 is 5.32 Å². The second-order valence-corrected chi connectivity index (χ2v) is 3.82. The largest absolute Gasteiger partial charge is 0.361 e. The van der Waals surface area contributed by atoms with E-state index in [-0.39, 0.29) is 0 Å². The summed E-state index contributed by atoms with van der Waals surface area (Å²) >= 11 is 0. The topological polar surface area (TPSA) is 40.7 Å². The van der Waals surface area contributed by atoms with Gasteiger partial charge in [0.1, 0.15) is 0 Å². The summed E-state index contributed by atoms with van der Waals surface area (Å²) in [5.74, 6) is 0.592. The summed E-state index contributed by atoms with van der Waals surface area (Å²) in [5, 5.41) is 4.66. The fourth-order valence-electron chi connectivity index (χ4n) is 2.22. The molecule has 1 fully saturated rings. The van der Waals surface area contributed by atoms with E-state index < -0.39 is 0 Å². The number of nitrogens with zero attached hydrogens (tertiary/aromatic N) is 1. The Hall–Kier alpha value is -1.35. The third-order valence-corrected chi connectivity index (χ3v) is 2.96. The van der Waals surface area contributed by atoms with E-state index in [1.54, 1.807) is 0 Å². The van der Waals surface area contributed by atoms with Gasteiger partial charge in [0.25, 0.3) is 0 Å². The predicted octanol–water partition coefficient (Wildman–Crippen LogP) is 1.64. The van der Waals surface area contributed by atoms with Crippen molar-refractivity contribution >= 4 is 10.9 Å². The maximum atomic E-state index is 4.50. The molecular weight excluding hydrogens is 174 g/mol. The van der Waals surface area contributed by atoms with E-state index in [1.165, 1.54) is 23.0 Å². The van der Waals surface area contributed by atoms with Crippen LogP contribution in [-0.4, -0.2) is 23.1 Å². The lowest BCUT2D eigenvalue weighted by atomic mass is 10.0. The number of nitrogens with one attached hydrogen (secondary N) is 2. The Morgan fingerprint density at radius 3 is 3.21 bits per heavy atom. The van der Waals surface area contributed by atoms with Gasteiger partial charge in [-0.1, -0.05) is 0 Å². The van der Waals surface area contributed by atoms with Gasteiger partial charge in [0.05, 0.1) is 5.69 Å². The molecule has 0 radical (unpaired) electrons. The van der Waals surface area contributed by atoms with E-state index in [2.05, 4.69) is 21.4 Å². The van der Waals surface area contributed by atoms with Crippen LogP contribution in [0.1, 0.15) is 18.0 Å². The molecule has 0 spiro atoms. The Kier molecular flexibility index (Phi) is 1.77. The third kappa shape index (κ3) is 1.13. The molecule has 1 aliphatic heterocycles. The van der Waals surface area contributed by atoms with Crippen molar-refractivity contribution in [2.45, 2.75) is 12.3 Å². The number of fused-ring (bicyclic) bond motifs is 1. The molecule has 3 nitrogen and oxygen atoms in total. The molecule has 3 heterocycles. The predicted molar refractivity (Wildman–Crippen MR) is 56.3 cm³/mol. The van der Waals surface area contributed by atoms with Crippen molar-refractivity contribution in [3.8, 4) is 0 Å². The number of aromatic amines is 1. The van der Waals surface area contributed by atoms with Gasteiger partial charge in [0, 0.05) is 35.8 Å². The average molecular weight is 187 g/mol. The number of aromatic nitrogens is 2. The average Bonchev–Trinajstić information content (AvgIpc) is 2.88. The van der Waals surface area contributed by atoms with Crippen molar-refractivity contribution in [1.29, 1.82) is 0 Å². The first-order valence-electron chi connectivity index (χ1n) is 5.08. The normalized spacial score (nSPS) is 21.9. The highest BCUT2D eigenvalue weighted by Gasteiger charge is 2.19. The van der Waals surface area contributed by atoms with Crippen LogP contribution in [0.5, 0.6) is 0 Å². The van der Waals surface area contributed by atoms with Crippen LogP contribution in [0.15, 0.2) is 24.5 Å². The standard InChI is InChI=1S/C11H13N3/c1-4-12-7-8(1)11-9-2-5-13-10(9)3-6-14-11/h2-3,5-6,8,12-13H,1,4,7H2. The van der Waals surface area contributed by atoms with E-state index in [1.807, 2.05) is 18.5 Å². The monoisotopic (exact) mass is 187 g/mol. The highest BCUT2D eigenvalue weighted by molar-refractivity contribution is 5.81. The van der Waals surface area contributed by atoms with Gasteiger partial charge in [-0.05, 0) is 25.1 Å². The molecular formula is C11H13N3. The van der Waals surface area contributed by atoms with E-state index in [4.69, 9.17) is 0 Å². The second-order valence-electron chi connectivity index (χ2n) is 3.82. The Morgan fingerprint density at radius 2 is 2.36 bits per heavy atom. The van der Waals surface area contributed by atoms with Gasteiger partial charge >= 0.3 is 0 Å². The van der Waals surface area contributed by atoms with Gasteiger partial charge in [-0.2, -0.15) is 0 Å². The first-order chi connectivity index (χ1) is 6.95. The quantitative estimate of drug-likeness (QED) is 0.712. The zero-order valence-electron chi connectivity index (χ0n) is 7.96. The number of hydrogen-bond donors (Lipinski definition) is 2. The van der Waals surface area contributed by atoms with E-state index >= 15 is 0 Å². The van der Waals surface area contributed by atoms with Crippen molar-refractivity contribution in [2.75, 3.05) is 13.1 Å². The van der Waals surface area contributed by atoms with Crippen LogP contribution in [0.2, 0.25) is 0 Å². The molecule has 2 aromatic rings. The summed E-state index contributed by atoms with van der Waals surface area (Å²) in [6.07, 6.45) is 5.09. The van der Waals surface area contributed by atoms with Crippen molar-refractivity contribution in [1.82, 2.24) is 15.3 Å². The van der Waals surface area contributed by atoms with Crippen molar-refractivity contribution in [2.24, 2.45) is 0 Å². The van der Waals surface area contributed by atoms with Crippen LogP contribution >= 0.6 is 0 Å². The number of hydrogen-bond acceptors (Lipinski definition) is 2. The van der Waals surface area contributed by atoms with Crippen LogP contribution in [0, 0.1) is 0 Å². The maximum Gasteiger partial charge on any atom is 0.0541 e. The molecule has 0 aromatic carbocycles. The summed E-state index contributed by atoms with van der Waals surface area (Å²) in [7, 11) is 0. The van der Waals surface area contributed by atoms with Gasteiger partial charge in [0.2, 0.25) is 0 Å². The van der Waals surface area contributed by atoms with Crippen LogP contribution in [0.25, 0.3) is 10.9 Å². The molecule has 1 saturated heterocycles. The molecule has 1 atom stereocenters. The van der Waals surface area contributed by atoms with E-state index in [0.717, 1.165) is 13.1 Å². The molecule has 0 amide bonds. The first kappa shape index (κ1) is 8.00. The lowest BCUT2D eigenvalue weighted by Gasteiger charge is -2.08. The zero-order valence-corrected chi connectivity index (χ0v) is 7.96. The third-order valence-electron chi connectivity index (χ3n) is 2.96. The molecule has 72 valence electrons. The highest BCUT2D eigenvalue weighted by Crippen LogP contribution is 2.26. The SMILES string of the molecule is c1cc2[nH]ccc2c(C2CCNC2)n1. The number of pyridine rings is 1. The van der Waals surface area contributed by atoms with Gasteiger partial charge < -0.3 is 10.3 Å². The number of rotatable bonds is 1. The first-order valence-corrected chi connectivity index (χ1v) is 5.08. The Labute approximate surface area is 82.5 Å². The summed E-state index contributed by atoms with van der Waals surface area (Å²) in [5.41, 5.74) is 2.44. The Morgan fingerprint density at radius 1 is 1.36 bits per heavy atom. The molecule has 0 bridgehead atoms. The molecule has 3 heteroatoms. The van der Waals surface area contributed by atoms with Gasteiger partial charge in [-0.15, -0.1) is 0 Å². The molecule has 14 heavy (non-hydrogen) atoms. The van der Waals surface area contributed by atoms with Crippen molar-refractivity contribution < 1.29 is 0 Å². The van der Waals surface area contributed by atoms with E-state index in [9.17, 15) is 0 Å². The van der Waals surface area contributed by atoms with Gasteiger partial charge in [0.15, 0.2) is 0 Å². The van der Waals surface area contributed by atoms with Crippen LogP contribution in [0.3, 0.4) is 0 Å². The van der Waals surface area contributed by atoms with Gasteiger partial charge in [-0.3, -0.25) is 4.98 Å². The van der Waals surface area contributed by atoms with Crippen LogP contribution in [0.4, 0.5) is 0 Å². The van der Waals surface area contributed by atoms with Gasteiger partial charge in [-0.25, -0.2) is 0 Å². The van der Waals surface area contributed by atoms with Crippen molar-refractivity contribution in [3.63, 3.8) is 0 Å². The fourth-order valence-corrected chi connectivity index (χ4v) is 2.22. The van der Waals surface area contributed by atoms with E-state index in [0.29, 0.717) is 5.92 Å². The summed E-state index contributed by atoms with van der Waals surface area (Å²) in [6.45, 7) is 2.18. The lowest BCUT2D eigenvalue weighted by Crippen LogP contribution is -2.08. The minimum atomic E-state index is 0.592. The molecule has 2 N–H and O–H groups in total. The smallest absolute Gasteiger partial charge is 0.0541 e. The Balaban J connectivity index is 2.14. The van der Waals surface area contributed by atoms with Crippen LogP contribution in [-0.2, 0) is 0 Å². The summed E-state index contributed by atoms with van der Waals surface area (Å²) in [4.78, 5) is 7.72. The molecule has 1 unspecified atom stereocenters. The number of H-pyrrole nitrogens is 1. The molecule has 3 rings (SSSR count). The maximum absolute atomic E-state index is 4.50. The molecule has 0 saturated carbocycles. The molecule has 1 aliphatic rings. The molecule has 2 aromatic heterocycles. The molecule has 0 aliphatic carbocycles. The fraction of sp³-hybridized carbons (Fsp3) is 0.364. The van der Waals surface area contributed by atoms with Crippen molar-refractivity contribution in [3.05, 3.63) is 30.2 Å². The summed E-state index contributed by atoms with van der Waals surface area (Å²) < 4.78 is 0. The summed E-state index contributed by atoms with van der Waals surface area (Å²) in [6, 6.07) is 4.15. The Bertz CT molecular complexity index is 440.